The molecule has 0 radical (unpaired) electrons. The van der Waals surface area contributed by atoms with Crippen LogP contribution in [0.2, 0.25) is 0 Å². The van der Waals surface area contributed by atoms with Crippen molar-refractivity contribution in [1.29, 1.82) is 0 Å². The molecule has 0 bridgehead atoms. The maximum atomic E-state index is 5.33. The Bertz CT molecular complexity index is 338. The molecule has 0 unspecified atom stereocenters. The van der Waals surface area contributed by atoms with Gasteiger partial charge in [-0.25, -0.2) is 0 Å². The van der Waals surface area contributed by atoms with Crippen LogP contribution in [-0.2, 0) is 0 Å². The molecular weight excluding hydrogens is 228 g/mol. The van der Waals surface area contributed by atoms with E-state index < -0.39 is 0 Å². The molecule has 0 heterocycles. The molecule has 0 spiro atoms. The van der Waals surface area contributed by atoms with Crippen molar-refractivity contribution in [2.75, 3.05) is 5.32 Å². The van der Waals surface area contributed by atoms with Crippen LogP contribution in [0.5, 0.6) is 0 Å². The summed E-state index contributed by atoms with van der Waals surface area (Å²) in [5, 5.41) is 7.28. The van der Waals surface area contributed by atoms with Gasteiger partial charge in [0, 0.05) is 11.7 Å². The van der Waals surface area contributed by atoms with Crippen LogP contribution < -0.4 is 10.6 Å². The standard InChI is InChI=1S/C14H22N2S/c1-10(2)13(11(3)4)16-14(17)15-12-8-6-5-7-9-12/h5-11,13H,1-4H3,(H2,15,16,17). The minimum Gasteiger partial charge on any atom is -0.359 e. The third-order valence-electron chi connectivity index (χ3n) is 2.77. The molecular formula is C14H22N2S. The second kappa shape index (κ2) is 6.60. The SMILES string of the molecule is CC(C)C(NC(=S)Nc1ccccc1)C(C)C. The lowest BCUT2D eigenvalue weighted by molar-refractivity contribution is 0.356. The fourth-order valence-corrected chi connectivity index (χ4v) is 2.20. The summed E-state index contributed by atoms with van der Waals surface area (Å²) in [7, 11) is 0. The smallest absolute Gasteiger partial charge is 0.171 e. The van der Waals surface area contributed by atoms with Crippen molar-refractivity contribution >= 4 is 23.0 Å². The first-order valence-corrected chi connectivity index (χ1v) is 6.54. The molecule has 0 fully saturated rings. The Balaban J connectivity index is 2.54. The van der Waals surface area contributed by atoms with Gasteiger partial charge in [-0.3, -0.25) is 0 Å². The molecule has 0 amide bonds. The molecule has 0 aromatic heterocycles. The van der Waals surface area contributed by atoms with Gasteiger partial charge >= 0.3 is 0 Å². The zero-order valence-electron chi connectivity index (χ0n) is 11.0. The molecule has 0 saturated heterocycles. The number of thiocarbonyl (C=S) groups is 1. The van der Waals surface area contributed by atoms with Crippen LogP contribution in [0, 0.1) is 11.8 Å². The molecule has 1 aromatic carbocycles. The van der Waals surface area contributed by atoms with Crippen molar-refractivity contribution in [1.82, 2.24) is 5.32 Å². The third kappa shape index (κ3) is 4.73. The van der Waals surface area contributed by atoms with E-state index in [1.165, 1.54) is 0 Å². The second-order valence-electron chi connectivity index (χ2n) is 4.98. The monoisotopic (exact) mass is 250 g/mol. The van der Waals surface area contributed by atoms with Gasteiger partial charge in [0.25, 0.3) is 0 Å². The number of hydrogen-bond donors (Lipinski definition) is 2. The highest BCUT2D eigenvalue weighted by atomic mass is 32.1. The molecule has 0 aliphatic carbocycles. The molecule has 17 heavy (non-hydrogen) atoms. The highest BCUT2D eigenvalue weighted by Gasteiger charge is 2.17. The van der Waals surface area contributed by atoms with Gasteiger partial charge in [0.1, 0.15) is 0 Å². The molecule has 94 valence electrons. The number of nitrogens with one attached hydrogen (secondary N) is 2. The average molecular weight is 250 g/mol. The minimum absolute atomic E-state index is 0.402. The predicted octanol–water partition coefficient (Wildman–Crippen LogP) is 3.65. The van der Waals surface area contributed by atoms with Crippen LogP contribution in [0.1, 0.15) is 27.7 Å². The van der Waals surface area contributed by atoms with Crippen molar-refractivity contribution in [2.24, 2.45) is 11.8 Å². The zero-order chi connectivity index (χ0) is 12.8. The van der Waals surface area contributed by atoms with E-state index in [1.54, 1.807) is 0 Å². The number of benzene rings is 1. The van der Waals surface area contributed by atoms with Crippen molar-refractivity contribution < 1.29 is 0 Å². The zero-order valence-corrected chi connectivity index (χ0v) is 11.8. The van der Waals surface area contributed by atoms with Crippen LogP contribution in [0.25, 0.3) is 0 Å². The van der Waals surface area contributed by atoms with E-state index in [0.717, 1.165) is 5.69 Å². The lowest BCUT2D eigenvalue weighted by Gasteiger charge is -2.27. The Kier molecular flexibility index (Phi) is 5.42. The van der Waals surface area contributed by atoms with Gasteiger partial charge in [-0.15, -0.1) is 0 Å². The van der Waals surface area contributed by atoms with Crippen molar-refractivity contribution in [3.63, 3.8) is 0 Å². The molecule has 2 N–H and O–H groups in total. The summed E-state index contributed by atoms with van der Waals surface area (Å²) in [6.45, 7) is 8.84. The van der Waals surface area contributed by atoms with Crippen LogP contribution in [0.4, 0.5) is 5.69 Å². The topological polar surface area (TPSA) is 24.1 Å². The van der Waals surface area contributed by atoms with Gasteiger partial charge in [0.15, 0.2) is 5.11 Å². The quantitative estimate of drug-likeness (QED) is 0.798. The van der Waals surface area contributed by atoms with Gasteiger partial charge in [-0.05, 0) is 36.2 Å². The fraction of sp³-hybridized carbons (Fsp3) is 0.500. The maximum Gasteiger partial charge on any atom is 0.171 e. The lowest BCUT2D eigenvalue weighted by atomic mass is 9.93. The van der Waals surface area contributed by atoms with E-state index in [4.69, 9.17) is 12.2 Å². The van der Waals surface area contributed by atoms with E-state index in [1.807, 2.05) is 30.3 Å². The largest absolute Gasteiger partial charge is 0.359 e. The number of para-hydroxylation sites is 1. The Labute approximate surface area is 110 Å². The second-order valence-corrected chi connectivity index (χ2v) is 5.39. The van der Waals surface area contributed by atoms with Crippen molar-refractivity contribution in [2.45, 2.75) is 33.7 Å². The third-order valence-corrected chi connectivity index (χ3v) is 2.99. The van der Waals surface area contributed by atoms with Crippen molar-refractivity contribution in [3.05, 3.63) is 30.3 Å². The summed E-state index contributed by atoms with van der Waals surface area (Å²) in [4.78, 5) is 0. The van der Waals surface area contributed by atoms with Gasteiger partial charge in [0.2, 0.25) is 0 Å². The average Bonchev–Trinajstić information content (AvgIpc) is 2.26. The first-order chi connectivity index (χ1) is 8.00. The summed E-state index contributed by atoms with van der Waals surface area (Å²) < 4.78 is 0. The maximum absolute atomic E-state index is 5.33. The Hall–Kier alpha value is -1.09. The normalized spacial score (nSPS) is 11.0. The van der Waals surface area contributed by atoms with Crippen LogP contribution >= 0.6 is 12.2 Å². The summed E-state index contributed by atoms with van der Waals surface area (Å²) >= 11 is 5.33. The molecule has 2 nitrogen and oxygen atoms in total. The first kappa shape index (κ1) is 14.0. The van der Waals surface area contributed by atoms with E-state index >= 15 is 0 Å². The summed E-state index contributed by atoms with van der Waals surface area (Å²) in [5.41, 5.74) is 1.02. The molecule has 0 atom stereocenters. The van der Waals surface area contributed by atoms with Crippen LogP contribution in [0.3, 0.4) is 0 Å². The van der Waals surface area contributed by atoms with Crippen molar-refractivity contribution in [3.8, 4) is 0 Å². The Morgan fingerprint density at radius 1 is 1.00 bits per heavy atom. The highest BCUT2D eigenvalue weighted by molar-refractivity contribution is 7.80. The number of rotatable bonds is 4. The van der Waals surface area contributed by atoms with Gasteiger partial charge in [-0.2, -0.15) is 0 Å². The molecule has 1 rings (SSSR count). The van der Waals surface area contributed by atoms with Crippen LogP contribution in [0.15, 0.2) is 30.3 Å². The van der Waals surface area contributed by atoms with Gasteiger partial charge in [-0.1, -0.05) is 45.9 Å². The van der Waals surface area contributed by atoms with Gasteiger partial charge in [0.05, 0.1) is 0 Å². The highest BCUT2D eigenvalue weighted by Crippen LogP contribution is 2.12. The molecule has 0 aliphatic heterocycles. The molecule has 0 saturated carbocycles. The predicted molar refractivity (Wildman–Crippen MR) is 79.3 cm³/mol. The van der Waals surface area contributed by atoms with Crippen LogP contribution in [-0.4, -0.2) is 11.2 Å². The summed E-state index contributed by atoms with van der Waals surface area (Å²) in [6.07, 6.45) is 0. The Morgan fingerprint density at radius 2 is 1.53 bits per heavy atom. The summed E-state index contributed by atoms with van der Waals surface area (Å²) in [5.74, 6) is 1.12. The number of hydrogen-bond acceptors (Lipinski definition) is 1. The van der Waals surface area contributed by atoms with E-state index in [2.05, 4.69) is 38.3 Å². The lowest BCUT2D eigenvalue weighted by Crippen LogP contribution is -2.44. The first-order valence-electron chi connectivity index (χ1n) is 6.13. The fourth-order valence-electron chi connectivity index (χ4n) is 1.94. The van der Waals surface area contributed by atoms with Gasteiger partial charge < -0.3 is 10.6 Å². The molecule has 3 heteroatoms. The number of anilines is 1. The van der Waals surface area contributed by atoms with E-state index in [0.29, 0.717) is 23.0 Å². The van der Waals surface area contributed by atoms with E-state index in [9.17, 15) is 0 Å². The summed E-state index contributed by atoms with van der Waals surface area (Å²) in [6, 6.07) is 10.4. The molecule has 0 aliphatic rings. The minimum atomic E-state index is 0.402. The Morgan fingerprint density at radius 3 is 2.00 bits per heavy atom. The van der Waals surface area contributed by atoms with E-state index in [-0.39, 0.29) is 0 Å². The molecule has 1 aromatic rings.